The number of amides is 2. The molecular weight excluding hydrogens is 362 g/mol. The van der Waals surface area contributed by atoms with Crippen molar-refractivity contribution < 1.29 is 9.59 Å². The van der Waals surface area contributed by atoms with Crippen LogP contribution in [0.1, 0.15) is 54.9 Å². The second-order valence-corrected chi connectivity index (χ2v) is 7.89. The highest BCUT2D eigenvalue weighted by molar-refractivity contribution is 6.05. The van der Waals surface area contributed by atoms with E-state index in [1.807, 2.05) is 36.1 Å². The van der Waals surface area contributed by atoms with Gasteiger partial charge in [0.05, 0.1) is 0 Å². The van der Waals surface area contributed by atoms with Crippen molar-refractivity contribution in [1.29, 1.82) is 0 Å². The molecule has 1 N–H and O–H groups in total. The van der Waals surface area contributed by atoms with Crippen LogP contribution in [-0.2, 0) is 11.2 Å². The van der Waals surface area contributed by atoms with Crippen LogP contribution in [0.5, 0.6) is 0 Å². The van der Waals surface area contributed by atoms with Gasteiger partial charge in [0, 0.05) is 48.7 Å². The van der Waals surface area contributed by atoms with Gasteiger partial charge in [-0.05, 0) is 67.3 Å². The van der Waals surface area contributed by atoms with E-state index in [0.29, 0.717) is 18.5 Å². The Kier molecular flexibility index (Phi) is 5.84. The number of hydrogen-bond acceptors (Lipinski definition) is 3. The molecule has 0 spiro atoms. The van der Waals surface area contributed by atoms with Gasteiger partial charge in [-0.15, -0.1) is 0 Å². The first-order valence-corrected chi connectivity index (χ1v) is 10.8. The Hall–Kier alpha value is -2.82. The third kappa shape index (κ3) is 4.29. The predicted molar refractivity (Wildman–Crippen MR) is 118 cm³/mol. The number of fused-ring (bicyclic) bond motifs is 1. The summed E-state index contributed by atoms with van der Waals surface area (Å²) in [6.07, 6.45) is 6.42. The van der Waals surface area contributed by atoms with Gasteiger partial charge in [0.25, 0.3) is 5.91 Å². The molecule has 152 valence electrons. The smallest absolute Gasteiger partial charge is 0.255 e. The van der Waals surface area contributed by atoms with E-state index < -0.39 is 0 Å². The lowest BCUT2D eigenvalue weighted by atomic mass is 10.1. The van der Waals surface area contributed by atoms with Crippen molar-refractivity contribution in [3.63, 3.8) is 0 Å². The fraction of sp³-hybridized carbons (Fsp3) is 0.417. The van der Waals surface area contributed by atoms with Crippen LogP contribution < -0.4 is 15.1 Å². The van der Waals surface area contributed by atoms with E-state index in [-0.39, 0.29) is 11.8 Å². The normalized spacial score (nSPS) is 16.3. The average Bonchev–Trinajstić information content (AvgIpc) is 2.98. The highest BCUT2D eigenvalue weighted by Gasteiger charge is 2.24. The molecule has 0 bridgehead atoms. The number of nitrogens with one attached hydrogen (secondary N) is 1. The summed E-state index contributed by atoms with van der Waals surface area (Å²) >= 11 is 0. The van der Waals surface area contributed by atoms with Gasteiger partial charge in [-0.3, -0.25) is 9.59 Å². The zero-order valence-electron chi connectivity index (χ0n) is 17.1. The molecule has 0 unspecified atom stereocenters. The predicted octanol–water partition coefficient (Wildman–Crippen LogP) is 4.62. The lowest BCUT2D eigenvalue weighted by Crippen LogP contribution is -2.27. The second kappa shape index (κ2) is 8.68. The fourth-order valence-corrected chi connectivity index (χ4v) is 4.28. The topological polar surface area (TPSA) is 52.7 Å². The molecule has 1 fully saturated rings. The number of rotatable bonds is 4. The van der Waals surface area contributed by atoms with E-state index in [1.165, 1.54) is 31.4 Å². The molecule has 2 aromatic rings. The maximum Gasteiger partial charge on any atom is 0.255 e. The molecule has 29 heavy (non-hydrogen) atoms. The van der Waals surface area contributed by atoms with Gasteiger partial charge < -0.3 is 15.1 Å². The quantitative estimate of drug-likeness (QED) is 0.827. The number of carbonyl (C=O) groups excluding carboxylic acids is 2. The molecule has 0 atom stereocenters. The number of benzene rings is 2. The van der Waals surface area contributed by atoms with Crippen molar-refractivity contribution in [2.75, 3.05) is 34.8 Å². The number of nitrogens with zero attached hydrogens (tertiary/aromatic N) is 2. The minimum absolute atomic E-state index is 0.115. The number of hydrogen-bond donors (Lipinski definition) is 1. The zero-order valence-corrected chi connectivity index (χ0v) is 17.1. The van der Waals surface area contributed by atoms with Crippen molar-refractivity contribution in [1.82, 2.24) is 0 Å². The molecule has 0 saturated carbocycles. The Bertz CT molecular complexity index is 883. The van der Waals surface area contributed by atoms with Crippen LogP contribution in [0.3, 0.4) is 0 Å². The van der Waals surface area contributed by atoms with E-state index in [1.54, 1.807) is 6.07 Å². The standard InChI is InChI=1S/C24H29N3O2/c1-2-23(28)27-16-13-18-17-19(7-12-22(18)27)24(29)25-20-8-10-21(11-9-20)26-14-5-3-4-6-15-26/h7-12,17H,2-6,13-16H2,1H3,(H,25,29). The van der Waals surface area contributed by atoms with E-state index in [4.69, 9.17) is 0 Å². The molecule has 2 aliphatic rings. The summed E-state index contributed by atoms with van der Waals surface area (Å²) in [4.78, 5) is 29.0. The molecule has 4 rings (SSSR count). The van der Waals surface area contributed by atoms with Crippen molar-refractivity contribution >= 4 is 28.9 Å². The van der Waals surface area contributed by atoms with Crippen molar-refractivity contribution in [3.05, 3.63) is 53.6 Å². The number of anilines is 3. The van der Waals surface area contributed by atoms with Gasteiger partial charge in [-0.25, -0.2) is 0 Å². The van der Waals surface area contributed by atoms with Crippen molar-refractivity contribution in [2.45, 2.75) is 45.4 Å². The monoisotopic (exact) mass is 391 g/mol. The largest absolute Gasteiger partial charge is 0.372 e. The maximum absolute atomic E-state index is 12.7. The Labute approximate surface area is 172 Å². The summed E-state index contributed by atoms with van der Waals surface area (Å²) in [5.41, 5.74) is 4.66. The van der Waals surface area contributed by atoms with Gasteiger partial charge in [0.15, 0.2) is 0 Å². The summed E-state index contributed by atoms with van der Waals surface area (Å²) in [5, 5.41) is 3.00. The molecule has 5 nitrogen and oxygen atoms in total. The lowest BCUT2D eigenvalue weighted by Gasteiger charge is -2.22. The van der Waals surface area contributed by atoms with Crippen LogP contribution in [0, 0.1) is 0 Å². The molecule has 2 amide bonds. The third-order valence-electron chi connectivity index (χ3n) is 5.94. The molecule has 1 saturated heterocycles. The van der Waals surface area contributed by atoms with Gasteiger partial charge in [0.1, 0.15) is 0 Å². The van der Waals surface area contributed by atoms with Crippen molar-refractivity contribution in [3.8, 4) is 0 Å². The maximum atomic E-state index is 12.7. The Morgan fingerprint density at radius 1 is 0.931 bits per heavy atom. The average molecular weight is 392 g/mol. The molecule has 0 radical (unpaired) electrons. The summed E-state index contributed by atoms with van der Waals surface area (Å²) < 4.78 is 0. The summed E-state index contributed by atoms with van der Waals surface area (Å²) in [5.74, 6) is 0.0149. The van der Waals surface area contributed by atoms with E-state index >= 15 is 0 Å². The lowest BCUT2D eigenvalue weighted by molar-refractivity contribution is -0.118. The minimum Gasteiger partial charge on any atom is -0.372 e. The van der Waals surface area contributed by atoms with Crippen LogP contribution in [-0.4, -0.2) is 31.4 Å². The molecular formula is C24H29N3O2. The molecule has 2 aromatic carbocycles. The number of carbonyl (C=O) groups is 2. The SMILES string of the molecule is CCC(=O)N1CCc2cc(C(=O)Nc3ccc(N4CCCCCC4)cc3)ccc21. The molecule has 0 aliphatic carbocycles. The molecule has 5 heteroatoms. The van der Waals surface area contributed by atoms with Crippen LogP contribution in [0.15, 0.2) is 42.5 Å². The second-order valence-electron chi connectivity index (χ2n) is 7.89. The fourth-order valence-electron chi connectivity index (χ4n) is 4.28. The van der Waals surface area contributed by atoms with E-state index in [2.05, 4.69) is 22.3 Å². The first-order valence-electron chi connectivity index (χ1n) is 10.8. The first-order chi connectivity index (χ1) is 14.2. The third-order valence-corrected chi connectivity index (χ3v) is 5.94. The highest BCUT2D eigenvalue weighted by Crippen LogP contribution is 2.30. The summed E-state index contributed by atoms with van der Waals surface area (Å²) in [6, 6.07) is 13.8. The highest BCUT2D eigenvalue weighted by atomic mass is 16.2. The summed E-state index contributed by atoms with van der Waals surface area (Å²) in [6.45, 7) is 4.79. The summed E-state index contributed by atoms with van der Waals surface area (Å²) in [7, 11) is 0. The molecule has 2 aliphatic heterocycles. The van der Waals surface area contributed by atoms with Gasteiger partial charge in [0.2, 0.25) is 5.91 Å². The Balaban J connectivity index is 1.42. The van der Waals surface area contributed by atoms with Gasteiger partial charge in [-0.2, -0.15) is 0 Å². The Morgan fingerprint density at radius 2 is 1.66 bits per heavy atom. The van der Waals surface area contributed by atoms with Crippen LogP contribution in [0.2, 0.25) is 0 Å². The van der Waals surface area contributed by atoms with Gasteiger partial charge in [-0.1, -0.05) is 19.8 Å². The zero-order chi connectivity index (χ0) is 20.2. The first kappa shape index (κ1) is 19.5. The van der Waals surface area contributed by atoms with Crippen LogP contribution >= 0.6 is 0 Å². The van der Waals surface area contributed by atoms with Crippen LogP contribution in [0.25, 0.3) is 0 Å². The minimum atomic E-state index is -0.115. The Morgan fingerprint density at radius 3 is 2.34 bits per heavy atom. The molecule has 0 aromatic heterocycles. The van der Waals surface area contributed by atoms with Gasteiger partial charge >= 0.3 is 0 Å². The van der Waals surface area contributed by atoms with Crippen molar-refractivity contribution in [2.24, 2.45) is 0 Å². The van der Waals surface area contributed by atoms with E-state index in [9.17, 15) is 9.59 Å². The molecule has 2 heterocycles. The van der Waals surface area contributed by atoms with Crippen LogP contribution in [0.4, 0.5) is 17.1 Å². The van der Waals surface area contributed by atoms with E-state index in [0.717, 1.165) is 36.4 Å².